The molecule has 6 heteroatoms. The number of carbonyl (C=O) groups is 2. The number of anilines is 2. The van der Waals surface area contributed by atoms with E-state index in [1.165, 1.54) is 6.42 Å². The molecule has 0 saturated heterocycles. The first-order valence-corrected chi connectivity index (χ1v) is 8.87. The van der Waals surface area contributed by atoms with Crippen LogP contribution in [0.1, 0.15) is 51.4 Å². The second-order valence-corrected chi connectivity index (χ2v) is 7.19. The summed E-state index contributed by atoms with van der Waals surface area (Å²) in [5.74, 6) is 0.685. The third kappa shape index (κ3) is 4.32. The van der Waals surface area contributed by atoms with E-state index in [2.05, 4.69) is 15.6 Å². The largest absolute Gasteiger partial charge is 0.330 e. The molecule has 2 aliphatic rings. The SMILES string of the molecule is NCC1(CC(=O)Nc2ccc(NC(=O)C3CC3)nc2)CCCCC1. The Morgan fingerprint density at radius 2 is 1.92 bits per heavy atom. The predicted molar refractivity (Wildman–Crippen MR) is 93.4 cm³/mol. The number of carbonyl (C=O) groups excluding carboxylic acids is 2. The van der Waals surface area contributed by atoms with E-state index in [1.54, 1.807) is 18.3 Å². The van der Waals surface area contributed by atoms with Crippen molar-refractivity contribution < 1.29 is 9.59 Å². The minimum absolute atomic E-state index is 0.0149. The van der Waals surface area contributed by atoms with Crippen molar-refractivity contribution in [3.05, 3.63) is 18.3 Å². The van der Waals surface area contributed by atoms with Crippen LogP contribution in [0.5, 0.6) is 0 Å². The zero-order valence-electron chi connectivity index (χ0n) is 14.0. The van der Waals surface area contributed by atoms with Crippen LogP contribution in [0.4, 0.5) is 11.5 Å². The van der Waals surface area contributed by atoms with Gasteiger partial charge in [-0.1, -0.05) is 19.3 Å². The van der Waals surface area contributed by atoms with Gasteiger partial charge in [-0.05, 0) is 49.8 Å². The molecule has 0 aliphatic heterocycles. The molecule has 0 radical (unpaired) electrons. The summed E-state index contributed by atoms with van der Waals surface area (Å²) in [7, 11) is 0. The van der Waals surface area contributed by atoms with Crippen LogP contribution in [0, 0.1) is 11.3 Å². The number of amides is 2. The fraction of sp³-hybridized carbons (Fsp3) is 0.611. The highest BCUT2D eigenvalue weighted by Crippen LogP contribution is 2.38. The van der Waals surface area contributed by atoms with Gasteiger partial charge in [-0.25, -0.2) is 4.98 Å². The van der Waals surface area contributed by atoms with Crippen LogP contribution >= 0.6 is 0 Å². The number of nitrogens with zero attached hydrogens (tertiary/aromatic N) is 1. The molecule has 2 amide bonds. The van der Waals surface area contributed by atoms with Crippen LogP contribution < -0.4 is 16.4 Å². The zero-order chi connectivity index (χ0) is 17.0. The lowest BCUT2D eigenvalue weighted by atomic mass is 9.71. The van der Waals surface area contributed by atoms with E-state index in [0.717, 1.165) is 38.5 Å². The van der Waals surface area contributed by atoms with Gasteiger partial charge in [0, 0.05) is 12.3 Å². The Kier molecular flexibility index (Phi) is 5.14. The smallest absolute Gasteiger partial charge is 0.228 e. The van der Waals surface area contributed by atoms with Gasteiger partial charge in [0.15, 0.2) is 0 Å². The van der Waals surface area contributed by atoms with Gasteiger partial charge in [0.1, 0.15) is 5.82 Å². The van der Waals surface area contributed by atoms with Gasteiger partial charge in [0.25, 0.3) is 0 Å². The maximum atomic E-state index is 12.3. The van der Waals surface area contributed by atoms with Crippen molar-refractivity contribution in [2.45, 2.75) is 51.4 Å². The molecule has 1 heterocycles. The second-order valence-electron chi connectivity index (χ2n) is 7.19. The zero-order valence-corrected chi connectivity index (χ0v) is 14.0. The van der Waals surface area contributed by atoms with Gasteiger partial charge in [-0.2, -0.15) is 0 Å². The molecular weight excluding hydrogens is 304 g/mol. The summed E-state index contributed by atoms with van der Waals surface area (Å²) in [5.41, 5.74) is 6.54. The molecule has 1 aromatic rings. The number of aromatic nitrogens is 1. The summed E-state index contributed by atoms with van der Waals surface area (Å²) in [5, 5.41) is 5.68. The van der Waals surface area contributed by atoms with Gasteiger partial charge in [-0.15, -0.1) is 0 Å². The van der Waals surface area contributed by atoms with Gasteiger partial charge in [0.2, 0.25) is 11.8 Å². The van der Waals surface area contributed by atoms with E-state index >= 15 is 0 Å². The van der Waals surface area contributed by atoms with Gasteiger partial charge in [0.05, 0.1) is 11.9 Å². The molecule has 0 spiro atoms. The molecule has 24 heavy (non-hydrogen) atoms. The predicted octanol–water partition coefficient (Wildman–Crippen LogP) is 2.67. The van der Waals surface area contributed by atoms with Gasteiger partial charge < -0.3 is 16.4 Å². The summed E-state index contributed by atoms with van der Waals surface area (Å²) >= 11 is 0. The summed E-state index contributed by atoms with van der Waals surface area (Å²) in [6.07, 6.45) is 9.57. The highest BCUT2D eigenvalue weighted by atomic mass is 16.2. The van der Waals surface area contributed by atoms with Crippen LogP contribution in [-0.2, 0) is 9.59 Å². The lowest BCUT2D eigenvalue weighted by Crippen LogP contribution is -2.36. The molecule has 0 bridgehead atoms. The average molecular weight is 330 g/mol. The summed E-state index contributed by atoms with van der Waals surface area (Å²) in [6.45, 7) is 0.560. The minimum atomic E-state index is -0.0477. The Balaban J connectivity index is 1.53. The Morgan fingerprint density at radius 3 is 2.50 bits per heavy atom. The number of nitrogens with two attached hydrogens (primary N) is 1. The molecule has 0 atom stereocenters. The van der Waals surface area contributed by atoms with Crippen LogP contribution in [0.3, 0.4) is 0 Å². The number of hydrogen-bond donors (Lipinski definition) is 3. The summed E-state index contributed by atoms with van der Waals surface area (Å²) in [6, 6.07) is 3.48. The van der Waals surface area contributed by atoms with Crippen LogP contribution in [-0.4, -0.2) is 23.3 Å². The molecule has 0 unspecified atom stereocenters. The van der Waals surface area contributed by atoms with E-state index in [4.69, 9.17) is 5.73 Å². The maximum absolute atomic E-state index is 12.3. The van der Waals surface area contributed by atoms with E-state index in [-0.39, 0.29) is 23.1 Å². The Hall–Kier alpha value is -1.95. The van der Waals surface area contributed by atoms with E-state index in [9.17, 15) is 9.59 Å². The molecule has 2 aliphatic carbocycles. The Bertz CT molecular complexity index is 590. The topological polar surface area (TPSA) is 97.1 Å². The van der Waals surface area contributed by atoms with Crippen molar-refractivity contribution in [2.75, 3.05) is 17.2 Å². The number of rotatable bonds is 6. The summed E-state index contributed by atoms with van der Waals surface area (Å²) < 4.78 is 0. The molecule has 0 aromatic carbocycles. The van der Waals surface area contributed by atoms with Crippen LogP contribution in [0.2, 0.25) is 0 Å². The van der Waals surface area contributed by atoms with Gasteiger partial charge >= 0.3 is 0 Å². The van der Waals surface area contributed by atoms with Crippen molar-refractivity contribution >= 4 is 23.3 Å². The quantitative estimate of drug-likeness (QED) is 0.747. The third-order valence-corrected chi connectivity index (χ3v) is 5.13. The van der Waals surface area contributed by atoms with Crippen LogP contribution in [0.25, 0.3) is 0 Å². The molecule has 2 fully saturated rings. The monoisotopic (exact) mass is 330 g/mol. The molecule has 3 rings (SSSR count). The lowest BCUT2D eigenvalue weighted by Gasteiger charge is -2.35. The van der Waals surface area contributed by atoms with E-state index in [0.29, 0.717) is 24.5 Å². The maximum Gasteiger partial charge on any atom is 0.228 e. The number of nitrogens with one attached hydrogen (secondary N) is 2. The third-order valence-electron chi connectivity index (χ3n) is 5.13. The molecule has 6 nitrogen and oxygen atoms in total. The van der Waals surface area contributed by atoms with Crippen molar-refractivity contribution in [1.82, 2.24) is 4.98 Å². The Morgan fingerprint density at radius 1 is 1.17 bits per heavy atom. The first-order chi connectivity index (χ1) is 11.6. The van der Waals surface area contributed by atoms with Crippen molar-refractivity contribution in [2.24, 2.45) is 17.1 Å². The Labute approximate surface area is 142 Å². The molecule has 1 aromatic heterocycles. The lowest BCUT2D eigenvalue weighted by molar-refractivity contribution is -0.119. The fourth-order valence-corrected chi connectivity index (χ4v) is 3.42. The molecule has 130 valence electrons. The highest BCUT2D eigenvalue weighted by molar-refractivity contribution is 5.94. The number of hydrogen-bond acceptors (Lipinski definition) is 4. The second kappa shape index (κ2) is 7.30. The average Bonchev–Trinajstić information content (AvgIpc) is 3.42. The van der Waals surface area contributed by atoms with Gasteiger partial charge in [-0.3, -0.25) is 9.59 Å². The minimum Gasteiger partial charge on any atom is -0.330 e. The molecular formula is C18H26N4O2. The van der Waals surface area contributed by atoms with Crippen molar-refractivity contribution in [1.29, 1.82) is 0 Å². The van der Waals surface area contributed by atoms with Crippen LogP contribution in [0.15, 0.2) is 18.3 Å². The standard InChI is InChI=1S/C18H26N4O2/c19-12-18(8-2-1-3-9-18)10-16(23)21-14-6-7-15(20-11-14)22-17(24)13-4-5-13/h6-7,11,13H,1-5,8-10,12,19H2,(H,21,23)(H,20,22,24). The van der Waals surface area contributed by atoms with Crippen molar-refractivity contribution in [3.63, 3.8) is 0 Å². The van der Waals surface area contributed by atoms with Crippen molar-refractivity contribution in [3.8, 4) is 0 Å². The first-order valence-electron chi connectivity index (χ1n) is 8.87. The van der Waals surface area contributed by atoms with E-state index in [1.807, 2.05) is 0 Å². The first kappa shape index (κ1) is 16.9. The molecule has 4 N–H and O–H groups in total. The summed E-state index contributed by atoms with van der Waals surface area (Å²) in [4.78, 5) is 28.2. The fourth-order valence-electron chi connectivity index (χ4n) is 3.42. The van der Waals surface area contributed by atoms with E-state index < -0.39 is 0 Å². The highest BCUT2D eigenvalue weighted by Gasteiger charge is 2.33. The normalized spacial score (nSPS) is 19.5. The molecule has 2 saturated carbocycles. The number of pyridine rings is 1.